The van der Waals surface area contributed by atoms with Gasteiger partial charge >= 0.3 is 12.2 Å². The Kier molecular flexibility index (Phi) is 12.6. The highest BCUT2D eigenvalue weighted by Crippen LogP contribution is 2.44. The summed E-state index contributed by atoms with van der Waals surface area (Å²) in [6.07, 6.45) is 7.55. The predicted octanol–water partition coefficient (Wildman–Crippen LogP) is 6.64. The van der Waals surface area contributed by atoms with E-state index in [1.807, 2.05) is 6.07 Å². The number of likely N-dealkylation sites (tertiary alicyclic amines) is 1. The fourth-order valence-corrected chi connectivity index (χ4v) is 8.74. The Morgan fingerprint density at radius 3 is 2.45 bits per heavy atom. The number of fused-ring (bicyclic) bond motifs is 5. The zero-order valence-corrected chi connectivity index (χ0v) is 35.2. The van der Waals surface area contributed by atoms with E-state index in [0.717, 1.165) is 68.6 Å². The molecule has 16 heteroatoms. The lowest BCUT2D eigenvalue weighted by atomic mass is 9.90. The number of ether oxygens (including phenoxy) is 4. The summed E-state index contributed by atoms with van der Waals surface area (Å²) in [5.41, 5.74) is 6.69. The molecule has 3 atom stereocenters. The van der Waals surface area contributed by atoms with Crippen LogP contribution in [-0.4, -0.2) is 106 Å². The molecule has 5 heterocycles. The van der Waals surface area contributed by atoms with Crippen LogP contribution in [0.4, 0.5) is 9.59 Å². The Hall–Kier alpha value is -6.68. The third kappa shape index (κ3) is 8.73. The van der Waals surface area contributed by atoms with Crippen LogP contribution in [0.25, 0.3) is 44.4 Å². The predicted molar refractivity (Wildman–Crippen MR) is 231 cm³/mol. The molecule has 62 heavy (non-hydrogen) atoms. The Labute approximate surface area is 359 Å². The molecule has 3 aliphatic rings. The summed E-state index contributed by atoms with van der Waals surface area (Å²) < 4.78 is 21.5. The van der Waals surface area contributed by atoms with E-state index >= 15 is 0 Å². The summed E-state index contributed by atoms with van der Waals surface area (Å²) in [5, 5.41) is 7.35. The first kappa shape index (κ1) is 42.0. The van der Waals surface area contributed by atoms with Crippen molar-refractivity contribution in [2.75, 3.05) is 40.5 Å². The number of benzene rings is 3. The minimum absolute atomic E-state index is 0.0769. The van der Waals surface area contributed by atoms with Crippen molar-refractivity contribution in [1.82, 2.24) is 40.4 Å². The molecular weight excluding hydrogens is 793 g/mol. The largest absolute Gasteiger partial charge is 0.488 e. The van der Waals surface area contributed by atoms with E-state index in [1.165, 1.54) is 14.2 Å². The van der Waals surface area contributed by atoms with Crippen molar-refractivity contribution in [3.8, 4) is 39.4 Å². The minimum Gasteiger partial charge on any atom is -0.488 e. The topological polar surface area (TPSA) is 193 Å². The third-order valence-corrected chi connectivity index (χ3v) is 12.0. The van der Waals surface area contributed by atoms with Gasteiger partial charge in [-0.05, 0) is 85.2 Å². The van der Waals surface area contributed by atoms with Crippen LogP contribution in [0.1, 0.15) is 62.3 Å². The molecule has 0 radical (unpaired) electrons. The normalized spacial score (nSPS) is 17.0. The number of rotatable bonds is 13. The van der Waals surface area contributed by atoms with Gasteiger partial charge in [-0.3, -0.25) is 9.59 Å². The zero-order chi connectivity index (χ0) is 43.3. The second kappa shape index (κ2) is 18.5. The van der Waals surface area contributed by atoms with Gasteiger partial charge in [0, 0.05) is 42.8 Å². The maximum atomic E-state index is 14.0. The summed E-state index contributed by atoms with van der Waals surface area (Å²) in [6.45, 7) is 8.18. The smallest absolute Gasteiger partial charge is 0.407 e. The zero-order valence-electron chi connectivity index (χ0n) is 35.2. The van der Waals surface area contributed by atoms with Gasteiger partial charge < -0.3 is 49.3 Å². The molecule has 8 rings (SSSR count). The van der Waals surface area contributed by atoms with Crippen molar-refractivity contribution in [2.45, 2.75) is 70.3 Å². The van der Waals surface area contributed by atoms with Crippen LogP contribution in [0.5, 0.6) is 5.75 Å². The number of nitrogens with zero attached hydrogens (tertiary/aromatic N) is 4. The van der Waals surface area contributed by atoms with Crippen LogP contribution in [-0.2, 0) is 37.0 Å². The van der Waals surface area contributed by atoms with Crippen molar-refractivity contribution in [2.24, 2.45) is 5.92 Å². The summed E-state index contributed by atoms with van der Waals surface area (Å²) in [6, 6.07) is 15.0. The van der Waals surface area contributed by atoms with Crippen LogP contribution < -0.4 is 15.4 Å². The van der Waals surface area contributed by atoms with Crippen molar-refractivity contribution in [1.29, 1.82) is 0 Å². The van der Waals surface area contributed by atoms with E-state index < -0.39 is 24.3 Å². The number of carbonyl (C=O) groups is 4. The molecule has 4 amide bonds. The molecule has 4 N–H and O–H groups in total. The number of aromatic amines is 2. The Morgan fingerprint density at radius 2 is 1.66 bits per heavy atom. The van der Waals surface area contributed by atoms with Gasteiger partial charge in [0.1, 0.15) is 36.1 Å². The second-order valence-electron chi connectivity index (χ2n) is 15.9. The van der Waals surface area contributed by atoms with Gasteiger partial charge in [-0.2, -0.15) is 0 Å². The number of amides is 4. The maximum absolute atomic E-state index is 14.0. The van der Waals surface area contributed by atoms with Gasteiger partial charge in [-0.1, -0.05) is 36.4 Å². The van der Waals surface area contributed by atoms with E-state index in [-0.39, 0.29) is 30.3 Å². The number of imidazole rings is 2. The van der Waals surface area contributed by atoms with Crippen LogP contribution in [0, 0.1) is 5.92 Å². The van der Waals surface area contributed by atoms with Gasteiger partial charge in [0.05, 0.1) is 50.6 Å². The molecule has 0 saturated carbocycles. The number of alkyl carbamates (subject to hydrolysis) is 2. The maximum Gasteiger partial charge on any atom is 0.407 e. The van der Waals surface area contributed by atoms with Crippen LogP contribution >= 0.6 is 0 Å². The first-order valence-corrected chi connectivity index (χ1v) is 21.0. The summed E-state index contributed by atoms with van der Waals surface area (Å²) in [5.74, 6) is 1.69. The Morgan fingerprint density at radius 1 is 0.935 bits per heavy atom. The molecule has 0 spiro atoms. The van der Waals surface area contributed by atoms with Crippen molar-refractivity contribution in [3.05, 3.63) is 90.8 Å². The first-order valence-electron chi connectivity index (χ1n) is 21.0. The van der Waals surface area contributed by atoms with E-state index in [9.17, 15) is 19.2 Å². The van der Waals surface area contributed by atoms with Crippen LogP contribution in [0.15, 0.2) is 73.6 Å². The lowest BCUT2D eigenvalue weighted by molar-refractivity contribution is -0.136. The van der Waals surface area contributed by atoms with Crippen LogP contribution in [0.2, 0.25) is 0 Å². The molecule has 0 bridgehead atoms. The van der Waals surface area contributed by atoms with Gasteiger partial charge in [0.25, 0.3) is 0 Å². The Bertz CT molecular complexity index is 2470. The van der Waals surface area contributed by atoms with Gasteiger partial charge in [0.15, 0.2) is 0 Å². The second-order valence-corrected chi connectivity index (χ2v) is 15.9. The molecule has 5 aromatic rings. The number of hydrogen-bond donors (Lipinski definition) is 4. The van der Waals surface area contributed by atoms with Gasteiger partial charge in [0.2, 0.25) is 11.8 Å². The molecule has 3 aromatic carbocycles. The Balaban J connectivity index is 0.973. The number of H-pyrrole nitrogens is 2. The van der Waals surface area contributed by atoms with E-state index in [0.29, 0.717) is 63.8 Å². The summed E-state index contributed by atoms with van der Waals surface area (Å²) in [4.78, 5) is 71.0. The third-order valence-electron chi connectivity index (χ3n) is 12.0. The van der Waals surface area contributed by atoms with Gasteiger partial charge in [-0.25, -0.2) is 19.6 Å². The number of aromatic nitrogens is 4. The molecule has 3 aliphatic heterocycles. The molecular formula is C46H52N8O8. The monoisotopic (exact) mass is 844 g/mol. The van der Waals surface area contributed by atoms with Crippen molar-refractivity contribution < 1.29 is 38.1 Å². The van der Waals surface area contributed by atoms with E-state index in [4.69, 9.17) is 14.2 Å². The fourth-order valence-electron chi connectivity index (χ4n) is 8.74. The minimum atomic E-state index is -0.750. The SMILES string of the molecule is C=CCCN(Cc1ncc(-c2ccc3c4c(ccc3c2)-c2ccc(-c3cnc([C@@H]5CCCN5C(=O)[C@H](C)NC(=O)OC)[nH]3)cc2CO4)[nH]1)C(=O)[C@@H](NC(=O)OC)C1CCOCC1. The number of methoxy groups -OCH3 is 2. The van der Waals surface area contributed by atoms with E-state index in [1.54, 1.807) is 35.2 Å². The summed E-state index contributed by atoms with van der Waals surface area (Å²) >= 11 is 0. The molecule has 324 valence electrons. The van der Waals surface area contributed by atoms with Gasteiger partial charge in [-0.15, -0.1) is 6.58 Å². The molecule has 2 saturated heterocycles. The number of carbonyl (C=O) groups excluding carboxylic acids is 4. The summed E-state index contributed by atoms with van der Waals surface area (Å²) in [7, 11) is 2.56. The van der Waals surface area contributed by atoms with Crippen LogP contribution in [0.3, 0.4) is 0 Å². The van der Waals surface area contributed by atoms with E-state index in [2.05, 4.69) is 84.3 Å². The number of hydrogen-bond acceptors (Lipinski definition) is 10. The molecule has 16 nitrogen and oxygen atoms in total. The lowest BCUT2D eigenvalue weighted by Gasteiger charge is -2.33. The van der Waals surface area contributed by atoms with Crippen molar-refractivity contribution >= 4 is 34.8 Å². The molecule has 2 aromatic heterocycles. The average molecular weight is 845 g/mol. The highest BCUT2D eigenvalue weighted by atomic mass is 16.5. The highest BCUT2D eigenvalue weighted by Gasteiger charge is 2.36. The first-order chi connectivity index (χ1) is 30.1. The fraction of sp³-hybridized carbons (Fsp3) is 0.391. The highest BCUT2D eigenvalue weighted by molar-refractivity contribution is 5.98. The quantitative estimate of drug-likeness (QED) is 0.0934. The molecule has 0 aliphatic carbocycles. The van der Waals surface area contributed by atoms with Crippen molar-refractivity contribution in [3.63, 3.8) is 0 Å². The standard InChI is InChI=1S/C46H52N8O8/c1-5-6-17-53(44(56)40(52-46(58)60-4)28-15-19-61-20-16-28)25-39-47-23-36(50-39)30-11-13-34-29(21-30)9-14-35-33-12-10-31(22-32(33)26-62-41(34)35)37-24-48-42(51-37)38-8-7-18-54(38)43(55)27(2)49-45(57)59-3/h5,9-14,21-24,27-28,38,40H,1,6-8,15-20,25-26H2,2-4H3,(H,47,50)(H,48,51)(H,49,57)(H,52,58)/t27-,38-,40-/m0/s1. The lowest BCUT2D eigenvalue weighted by Crippen LogP contribution is -2.53. The number of nitrogens with one attached hydrogen (secondary N) is 4. The molecule has 2 fully saturated rings. The average Bonchev–Trinajstić information content (AvgIpc) is 4.11. The molecule has 0 unspecified atom stereocenters.